The van der Waals surface area contributed by atoms with Crippen LogP contribution in [0.1, 0.15) is 47.4 Å². The molecule has 0 saturated carbocycles. The van der Waals surface area contributed by atoms with Crippen molar-refractivity contribution in [3.05, 3.63) is 93.3 Å². The maximum absolute atomic E-state index is 13.6. The number of anilines is 1. The highest BCUT2D eigenvalue weighted by Crippen LogP contribution is 2.59. The molecule has 0 aromatic heterocycles. The fraction of sp³-hybridized carbons (Fsp3) is 0.333. The summed E-state index contributed by atoms with van der Waals surface area (Å²) in [6, 6.07) is 10.6. The highest BCUT2D eigenvalue weighted by atomic mass is 19.1. The van der Waals surface area contributed by atoms with Crippen LogP contribution in [0.3, 0.4) is 0 Å². The first-order valence-corrected chi connectivity index (χ1v) is 10.3. The van der Waals surface area contributed by atoms with Gasteiger partial charge in [0, 0.05) is 36.2 Å². The van der Waals surface area contributed by atoms with Gasteiger partial charge < -0.3 is 4.90 Å². The number of nitrogens with zero attached hydrogens (tertiary/aromatic N) is 2. The van der Waals surface area contributed by atoms with E-state index in [2.05, 4.69) is 29.2 Å². The molecule has 5 heteroatoms. The summed E-state index contributed by atoms with van der Waals surface area (Å²) in [5, 5.41) is 11.7. The number of nitro benzene ring substituents is 1. The van der Waals surface area contributed by atoms with Crippen molar-refractivity contribution in [3.63, 3.8) is 0 Å². The second-order valence-electron chi connectivity index (χ2n) is 8.68. The monoisotopic (exact) mass is 388 g/mol. The van der Waals surface area contributed by atoms with Crippen LogP contribution in [0.25, 0.3) is 0 Å². The molecule has 0 fully saturated rings. The van der Waals surface area contributed by atoms with Crippen molar-refractivity contribution in [1.82, 2.24) is 0 Å². The maximum Gasteiger partial charge on any atom is 0.270 e. The molecule has 4 aliphatic rings. The van der Waals surface area contributed by atoms with Crippen LogP contribution in [0.4, 0.5) is 15.8 Å². The highest BCUT2D eigenvalue weighted by Gasteiger charge is 2.48. The SMILES string of the molecule is O=[N+]([O-])c1cc2c3c(c1)[C@@H]1C=CC[C@@H]1[C@H](c1ccc(F)cc1)N3C[C@@H]1CC=C[C@@H]21. The minimum Gasteiger partial charge on any atom is -0.363 e. The molecular weight excluding hydrogens is 367 g/mol. The first-order valence-electron chi connectivity index (χ1n) is 10.3. The number of rotatable bonds is 2. The van der Waals surface area contributed by atoms with E-state index in [4.69, 9.17) is 0 Å². The van der Waals surface area contributed by atoms with Crippen LogP contribution < -0.4 is 4.90 Å². The number of benzene rings is 2. The molecule has 4 nitrogen and oxygen atoms in total. The third-order valence-electron chi connectivity index (χ3n) is 7.26. The van der Waals surface area contributed by atoms with Gasteiger partial charge in [-0.25, -0.2) is 4.39 Å². The van der Waals surface area contributed by atoms with Gasteiger partial charge >= 0.3 is 0 Å². The molecule has 2 aliphatic carbocycles. The van der Waals surface area contributed by atoms with Gasteiger partial charge in [-0.2, -0.15) is 0 Å². The summed E-state index contributed by atoms with van der Waals surface area (Å²) in [6.45, 7) is 0.931. The minimum absolute atomic E-state index is 0.157. The Hall–Kier alpha value is -2.95. The Morgan fingerprint density at radius 3 is 2.45 bits per heavy atom. The summed E-state index contributed by atoms with van der Waals surface area (Å²) in [5.74, 6) is 0.939. The molecule has 6 rings (SSSR count). The van der Waals surface area contributed by atoms with Crippen molar-refractivity contribution >= 4 is 11.4 Å². The number of hydrogen-bond acceptors (Lipinski definition) is 3. The van der Waals surface area contributed by atoms with Crippen LogP contribution in [-0.4, -0.2) is 11.5 Å². The largest absolute Gasteiger partial charge is 0.363 e. The minimum atomic E-state index is -0.261. The Kier molecular flexibility index (Phi) is 3.52. The fourth-order valence-electron chi connectivity index (χ4n) is 6.10. The van der Waals surface area contributed by atoms with Gasteiger partial charge in [0.1, 0.15) is 5.82 Å². The van der Waals surface area contributed by atoms with Crippen molar-refractivity contribution in [2.75, 3.05) is 11.4 Å². The molecule has 2 aliphatic heterocycles. The van der Waals surface area contributed by atoms with Gasteiger partial charge in [-0.1, -0.05) is 36.4 Å². The van der Waals surface area contributed by atoms with Crippen LogP contribution in [0, 0.1) is 27.8 Å². The zero-order valence-electron chi connectivity index (χ0n) is 15.9. The molecule has 0 unspecified atom stereocenters. The lowest BCUT2D eigenvalue weighted by molar-refractivity contribution is -0.385. The van der Waals surface area contributed by atoms with E-state index in [1.165, 1.54) is 5.69 Å². The van der Waals surface area contributed by atoms with Gasteiger partial charge in [0.2, 0.25) is 0 Å². The number of nitro groups is 1. The Labute approximate surface area is 168 Å². The van der Waals surface area contributed by atoms with Crippen LogP contribution in [0.15, 0.2) is 60.7 Å². The predicted octanol–water partition coefficient (Wildman–Crippen LogP) is 5.63. The van der Waals surface area contributed by atoms with Crippen LogP contribution in [0.2, 0.25) is 0 Å². The molecule has 5 atom stereocenters. The summed E-state index contributed by atoms with van der Waals surface area (Å²) < 4.78 is 13.6. The molecule has 0 bridgehead atoms. The molecular formula is C24H21FN2O2. The van der Waals surface area contributed by atoms with Crippen molar-refractivity contribution in [2.24, 2.45) is 11.8 Å². The molecule has 0 spiro atoms. The third kappa shape index (κ3) is 2.36. The molecule has 0 N–H and O–H groups in total. The van der Waals surface area contributed by atoms with Crippen molar-refractivity contribution in [1.29, 1.82) is 0 Å². The Morgan fingerprint density at radius 1 is 1.00 bits per heavy atom. The van der Waals surface area contributed by atoms with E-state index < -0.39 is 0 Å². The molecule has 146 valence electrons. The van der Waals surface area contributed by atoms with E-state index >= 15 is 0 Å². The number of halogens is 1. The van der Waals surface area contributed by atoms with Crippen molar-refractivity contribution in [3.8, 4) is 0 Å². The molecule has 0 saturated heterocycles. The Balaban J connectivity index is 1.59. The summed E-state index contributed by atoms with van der Waals surface area (Å²) in [6.07, 6.45) is 10.8. The molecule has 29 heavy (non-hydrogen) atoms. The first kappa shape index (κ1) is 17.0. The number of allylic oxidation sites excluding steroid dienone is 4. The topological polar surface area (TPSA) is 46.4 Å². The van der Waals surface area contributed by atoms with Gasteiger partial charge in [0.25, 0.3) is 5.69 Å². The normalized spacial score (nSPS) is 30.8. The second-order valence-corrected chi connectivity index (χ2v) is 8.68. The zero-order chi connectivity index (χ0) is 19.7. The van der Waals surface area contributed by atoms with E-state index in [0.717, 1.165) is 36.1 Å². The quantitative estimate of drug-likeness (QED) is 0.381. The van der Waals surface area contributed by atoms with Crippen molar-refractivity contribution < 1.29 is 9.31 Å². The van der Waals surface area contributed by atoms with Crippen LogP contribution >= 0.6 is 0 Å². The summed E-state index contributed by atoms with van der Waals surface area (Å²) in [7, 11) is 0. The van der Waals surface area contributed by atoms with Crippen LogP contribution in [-0.2, 0) is 0 Å². The molecule has 2 aromatic carbocycles. The fourth-order valence-corrected chi connectivity index (χ4v) is 6.10. The number of fused-ring (bicyclic) bond motifs is 4. The van der Waals surface area contributed by atoms with E-state index in [0.29, 0.717) is 11.8 Å². The lowest BCUT2D eigenvalue weighted by atomic mass is 9.70. The average Bonchev–Trinajstić information content (AvgIpc) is 3.38. The maximum atomic E-state index is 13.6. The molecule has 2 heterocycles. The van der Waals surface area contributed by atoms with E-state index in [-0.39, 0.29) is 34.3 Å². The summed E-state index contributed by atoms with van der Waals surface area (Å²) in [5.41, 5.74) is 4.67. The standard InChI is InChI=1S/C24H21FN2O2/c25-16-9-7-14(8-10-16)23-20-6-2-5-19(20)22-12-17(27(28)29)11-21-18-4-1-3-15(18)13-26(23)24(21)22/h1-2,4-5,7-12,15,18-20,23H,3,6,13H2/t15-,18+,19+,20-,23-/m0/s1. The van der Waals surface area contributed by atoms with Gasteiger partial charge in [-0.3, -0.25) is 10.1 Å². The lowest BCUT2D eigenvalue weighted by Gasteiger charge is -2.51. The highest BCUT2D eigenvalue weighted by molar-refractivity contribution is 5.72. The number of non-ortho nitro benzene ring substituents is 1. The average molecular weight is 388 g/mol. The summed E-state index contributed by atoms with van der Waals surface area (Å²) in [4.78, 5) is 13.9. The van der Waals surface area contributed by atoms with Gasteiger partial charge in [-0.05, 0) is 53.5 Å². The van der Waals surface area contributed by atoms with Crippen molar-refractivity contribution in [2.45, 2.75) is 30.7 Å². The summed E-state index contributed by atoms with van der Waals surface area (Å²) >= 11 is 0. The zero-order valence-corrected chi connectivity index (χ0v) is 15.9. The predicted molar refractivity (Wildman–Crippen MR) is 110 cm³/mol. The molecule has 2 aromatic rings. The third-order valence-corrected chi connectivity index (χ3v) is 7.26. The molecule has 0 radical (unpaired) electrons. The Morgan fingerprint density at radius 2 is 1.69 bits per heavy atom. The van der Waals surface area contributed by atoms with Gasteiger partial charge in [-0.15, -0.1) is 0 Å². The van der Waals surface area contributed by atoms with Crippen LogP contribution in [0.5, 0.6) is 0 Å². The number of hydrogen-bond donors (Lipinski definition) is 0. The van der Waals surface area contributed by atoms with E-state index in [1.807, 2.05) is 12.1 Å². The smallest absolute Gasteiger partial charge is 0.270 e. The lowest BCUT2D eigenvalue weighted by Crippen LogP contribution is -2.46. The van der Waals surface area contributed by atoms with E-state index in [1.54, 1.807) is 24.3 Å². The first-order chi connectivity index (χ1) is 14.1. The van der Waals surface area contributed by atoms with Gasteiger partial charge in [0.05, 0.1) is 11.0 Å². The Bertz CT molecular complexity index is 1060. The van der Waals surface area contributed by atoms with E-state index in [9.17, 15) is 14.5 Å². The van der Waals surface area contributed by atoms with Gasteiger partial charge in [0.15, 0.2) is 0 Å². The second kappa shape index (κ2) is 6.02. The molecule has 0 amide bonds.